The normalized spacial score (nSPS) is 12.6. The Labute approximate surface area is 81.4 Å². The SMILES string of the molecule is CN(C)C(C#N)c1cccc(F)c1F. The van der Waals surface area contributed by atoms with Crippen LogP contribution in [0.15, 0.2) is 18.2 Å². The summed E-state index contributed by atoms with van der Waals surface area (Å²) >= 11 is 0. The highest BCUT2D eigenvalue weighted by atomic mass is 19.2. The van der Waals surface area contributed by atoms with Crippen LogP contribution in [-0.4, -0.2) is 19.0 Å². The number of hydrogen-bond acceptors (Lipinski definition) is 2. The Morgan fingerprint density at radius 1 is 1.36 bits per heavy atom. The lowest BCUT2D eigenvalue weighted by Crippen LogP contribution is -2.19. The van der Waals surface area contributed by atoms with E-state index < -0.39 is 17.7 Å². The van der Waals surface area contributed by atoms with Crippen molar-refractivity contribution in [2.45, 2.75) is 6.04 Å². The van der Waals surface area contributed by atoms with Gasteiger partial charge < -0.3 is 0 Å². The molecule has 0 heterocycles. The number of rotatable bonds is 2. The van der Waals surface area contributed by atoms with Gasteiger partial charge in [0.1, 0.15) is 6.04 Å². The van der Waals surface area contributed by atoms with E-state index in [4.69, 9.17) is 5.26 Å². The zero-order valence-corrected chi connectivity index (χ0v) is 7.96. The monoisotopic (exact) mass is 196 g/mol. The van der Waals surface area contributed by atoms with E-state index in [-0.39, 0.29) is 5.56 Å². The summed E-state index contributed by atoms with van der Waals surface area (Å²) in [5.74, 6) is -1.88. The molecule has 0 saturated carbocycles. The number of hydrogen-bond donors (Lipinski definition) is 0. The van der Waals surface area contributed by atoms with Crippen LogP contribution in [0.5, 0.6) is 0 Å². The third-order valence-corrected chi connectivity index (χ3v) is 1.91. The van der Waals surface area contributed by atoms with E-state index in [2.05, 4.69) is 0 Å². The molecule has 0 bridgehead atoms. The zero-order chi connectivity index (χ0) is 10.7. The molecule has 0 radical (unpaired) electrons. The molecule has 0 aliphatic carbocycles. The maximum atomic E-state index is 13.2. The van der Waals surface area contributed by atoms with E-state index in [9.17, 15) is 8.78 Å². The van der Waals surface area contributed by atoms with Gasteiger partial charge in [0.2, 0.25) is 0 Å². The van der Waals surface area contributed by atoms with Crippen LogP contribution in [0.2, 0.25) is 0 Å². The molecule has 0 saturated heterocycles. The van der Waals surface area contributed by atoms with Gasteiger partial charge in [-0.15, -0.1) is 0 Å². The van der Waals surface area contributed by atoms with E-state index in [1.54, 1.807) is 14.1 Å². The first-order chi connectivity index (χ1) is 6.57. The van der Waals surface area contributed by atoms with Crippen LogP contribution < -0.4 is 0 Å². The second-order valence-corrected chi connectivity index (χ2v) is 3.14. The molecule has 1 aromatic rings. The van der Waals surface area contributed by atoms with Crippen molar-refractivity contribution in [3.05, 3.63) is 35.4 Å². The first-order valence-electron chi connectivity index (χ1n) is 4.08. The molecule has 14 heavy (non-hydrogen) atoms. The molecule has 0 aliphatic heterocycles. The molecule has 4 heteroatoms. The minimum absolute atomic E-state index is 0.0671. The smallest absolute Gasteiger partial charge is 0.164 e. The lowest BCUT2D eigenvalue weighted by Gasteiger charge is -2.17. The third-order valence-electron chi connectivity index (χ3n) is 1.91. The fourth-order valence-electron chi connectivity index (χ4n) is 1.19. The summed E-state index contributed by atoms with van der Waals surface area (Å²) in [6, 6.07) is 4.98. The lowest BCUT2D eigenvalue weighted by molar-refractivity contribution is 0.345. The first-order valence-corrected chi connectivity index (χ1v) is 4.08. The molecule has 0 fully saturated rings. The van der Waals surface area contributed by atoms with Crippen LogP contribution in [0.25, 0.3) is 0 Å². The van der Waals surface area contributed by atoms with Crippen molar-refractivity contribution in [2.75, 3.05) is 14.1 Å². The summed E-state index contributed by atoms with van der Waals surface area (Å²) in [5.41, 5.74) is 0.0671. The van der Waals surface area contributed by atoms with E-state index in [1.165, 1.54) is 17.0 Å². The second kappa shape index (κ2) is 4.16. The maximum absolute atomic E-state index is 13.2. The summed E-state index contributed by atoms with van der Waals surface area (Å²) < 4.78 is 26.1. The summed E-state index contributed by atoms with van der Waals surface area (Å²) in [7, 11) is 3.27. The van der Waals surface area contributed by atoms with Crippen molar-refractivity contribution in [3.8, 4) is 6.07 Å². The van der Waals surface area contributed by atoms with E-state index in [0.717, 1.165) is 6.07 Å². The summed E-state index contributed by atoms with van der Waals surface area (Å²) in [5, 5.41) is 8.78. The number of nitriles is 1. The third kappa shape index (κ3) is 1.88. The minimum atomic E-state index is -0.951. The van der Waals surface area contributed by atoms with Crippen molar-refractivity contribution < 1.29 is 8.78 Å². The predicted octanol–water partition coefficient (Wildman–Crippen LogP) is 2.09. The van der Waals surface area contributed by atoms with Gasteiger partial charge >= 0.3 is 0 Å². The van der Waals surface area contributed by atoms with Gasteiger partial charge in [-0.3, -0.25) is 4.90 Å². The van der Waals surface area contributed by atoms with Crippen LogP contribution in [0.4, 0.5) is 8.78 Å². The molecule has 1 aromatic carbocycles. The van der Waals surface area contributed by atoms with E-state index >= 15 is 0 Å². The van der Waals surface area contributed by atoms with Gasteiger partial charge in [0.15, 0.2) is 11.6 Å². The molecule has 0 amide bonds. The highest BCUT2D eigenvalue weighted by Crippen LogP contribution is 2.21. The topological polar surface area (TPSA) is 27.0 Å². The fraction of sp³-hybridized carbons (Fsp3) is 0.300. The second-order valence-electron chi connectivity index (χ2n) is 3.14. The van der Waals surface area contributed by atoms with Gasteiger partial charge in [-0.2, -0.15) is 5.26 Å². The molecular weight excluding hydrogens is 186 g/mol. The fourth-order valence-corrected chi connectivity index (χ4v) is 1.19. The number of benzene rings is 1. The number of halogens is 2. The van der Waals surface area contributed by atoms with Crippen LogP contribution in [0.1, 0.15) is 11.6 Å². The van der Waals surface area contributed by atoms with Gasteiger partial charge in [0, 0.05) is 5.56 Å². The van der Waals surface area contributed by atoms with E-state index in [1.807, 2.05) is 6.07 Å². The number of nitrogens with zero attached hydrogens (tertiary/aromatic N) is 2. The Kier molecular flexibility index (Phi) is 3.15. The average Bonchev–Trinajstić information content (AvgIpc) is 2.13. The van der Waals surface area contributed by atoms with Crippen LogP contribution in [0, 0.1) is 23.0 Å². The van der Waals surface area contributed by atoms with Gasteiger partial charge in [-0.25, -0.2) is 8.78 Å². The molecule has 2 nitrogen and oxygen atoms in total. The average molecular weight is 196 g/mol. The van der Waals surface area contributed by atoms with Crippen molar-refractivity contribution in [1.29, 1.82) is 5.26 Å². The molecule has 1 atom stereocenters. The Morgan fingerprint density at radius 2 is 2.00 bits per heavy atom. The van der Waals surface area contributed by atoms with Crippen molar-refractivity contribution in [2.24, 2.45) is 0 Å². The van der Waals surface area contributed by atoms with Crippen molar-refractivity contribution >= 4 is 0 Å². The zero-order valence-electron chi connectivity index (χ0n) is 7.96. The van der Waals surface area contributed by atoms with Crippen LogP contribution in [0.3, 0.4) is 0 Å². The summed E-state index contributed by atoms with van der Waals surface area (Å²) in [6.45, 7) is 0. The quantitative estimate of drug-likeness (QED) is 0.724. The van der Waals surface area contributed by atoms with Gasteiger partial charge in [0.25, 0.3) is 0 Å². The molecule has 0 aliphatic rings. The Hall–Kier alpha value is -1.47. The molecule has 1 unspecified atom stereocenters. The Balaban J connectivity index is 3.19. The molecule has 1 rings (SSSR count). The molecule has 74 valence electrons. The first kappa shape index (κ1) is 10.6. The van der Waals surface area contributed by atoms with Gasteiger partial charge in [-0.05, 0) is 20.2 Å². The standard InChI is InChI=1S/C10H10F2N2/c1-14(2)9(6-13)7-4-3-5-8(11)10(7)12/h3-5,9H,1-2H3. The summed E-state index contributed by atoms with van der Waals surface area (Å²) in [4.78, 5) is 1.53. The van der Waals surface area contributed by atoms with E-state index in [0.29, 0.717) is 0 Å². The summed E-state index contributed by atoms with van der Waals surface area (Å²) in [6.07, 6.45) is 0. The molecule has 0 aromatic heterocycles. The van der Waals surface area contributed by atoms with Crippen LogP contribution in [-0.2, 0) is 0 Å². The largest absolute Gasteiger partial charge is 0.290 e. The van der Waals surface area contributed by atoms with Crippen LogP contribution >= 0.6 is 0 Å². The Bertz CT molecular complexity index is 369. The van der Waals surface area contributed by atoms with Crippen molar-refractivity contribution in [3.63, 3.8) is 0 Å². The maximum Gasteiger partial charge on any atom is 0.164 e. The Morgan fingerprint density at radius 3 is 2.50 bits per heavy atom. The predicted molar refractivity (Wildman–Crippen MR) is 48.4 cm³/mol. The molecule has 0 N–H and O–H groups in total. The van der Waals surface area contributed by atoms with Gasteiger partial charge in [-0.1, -0.05) is 12.1 Å². The van der Waals surface area contributed by atoms with Gasteiger partial charge in [0.05, 0.1) is 6.07 Å². The lowest BCUT2D eigenvalue weighted by atomic mass is 10.1. The van der Waals surface area contributed by atoms with Crippen molar-refractivity contribution in [1.82, 2.24) is 4.90 Å². The molecular formula is C10H10F2N2. The highest BCUT2D eigenvalue weighted by molar-refractivity contribution is 5.26. The minimum Gasteiger partial charge on any atom is -0.290 e. The highest BCUT2D eigenvalue weighted by Gasteiger charge is 2.19. The molecule has 0 spiro atoms.